The minimum Gasteiger partial charge on any atom is -0.475 e. The molecular formula is C15H15F6N5O3. The standard InChI is InChI=1S/C13H14F3N5O.C2HF3O2/c1-8-6-9(19-12-18-3-5-20(8)12)11(22)21-4-2-17-7-10(21)13(14,15)16;3-2(4,5)1(6)7/h3,5-6,10,17H,2,4,7H2,1H3;(H,6,7). The molecule has 3 heterocycles. The van der Waals surface area contributed by atoms with Gasteiger partial charge in [0.05, 0.1) is 0 Å². The molecule has 0 radical (unpaired) electrons. The van der Waals surface area contributed by atoms with Gasteiger partial charge in [-0.15, -0.1) is 0 Å². The zero-order valence-corrected chi connectivity index (χ0v) is 14.8. The van der Waals surface area contributed by atoms with E-state index in [9.17, 15) is 31.1 Å². The van der Waals surface area contributed by atoms with Crippen molar-refractivity contribution in [1.82, 2.24) is 24.6 Å². The molecule has 8 nitrogen and oxygen atoms in total. The highest BCUT2D eigenvalue weighted by Gasteiger charge is 2.46. The average Bonchev–Trinajstić information content (AvgIpc) is 3.09. The summed E-state index contributed by atoms with van der Waals surface area (Å²) < 4.78 is 72.6. The summed E-state index contributed by atoms with van der Waals surface area (Å²) in [6.07, 6.45) is -6.36. The van der Waals surface area contributed by atoms with Gasteiger partial charge in [0.2, 0.25) is 5.78 Å². The number of aliphatic carboxylic acids is 1. The van der Waals surface area contributed by atoms with Crippen molar-refractivity contribution in [3.8, 4) is 0 Å². The van der Waals surface area contributed by atoms with Crippen molar-refractivity contribution in [2.24, 2.45) is 0 Å². The molecule has 0 aromatic carbocycles. The van der Waals surface area contributed by atoms with Crippen LogP contribution in [0.4, 0.5) is 26.3 Å². The fourth-order valence-corrected chi connectivity index (χ4v) is 2.56. The van der Waals surface area contributed by atoms with Crippen LogP contribution in [0.2, 0.25) is 0 Å². The number of fused-ring (bicyclic) bond motifs is 1. The molecule has 14 heteroatoms. The first-order chi connectivity index (χ1) is 13.3. The normalized spacial score (nSPS) is 17.6. The van der Waals surface area contributed by atoms with Crippen molar-refractivity contribution in [3.63, 3.8) is 0 Å². The molecule has 2 aromatic rings. The number of aryl methyl sites for hydroxylation is 1. The van der Waals surface area contributed by atoms with Crippen LogP contribution in [0, 0.1) is 6.92 Å². The van der Waals surface area contributed by atoms with Crippen molar-refractivity contribution < 1.29 is 41.0 Å². The monoisotopic (exact) mass is 427 g/mol. The number of carboxylic acid groups (broad SMARTS) is 1. The van der Waals surface area contributed by atoms with E-state index in [1.165, 1.54) is 12.3 Å². The van der Waals surface area contributed by atoms with Gasteiger partial charge in [-0.3, -0.25) is 9.20 Å². The van der Waals surface area contributed by atoms with Crippen LogP contribution in [0.3, 0.4) is 0 Å². The molecular weight excluding hydrogens is 412 g/mol. The van der Waals surface area contributed by atoms with Gasteiger partial charge in [-0.2, -0.15) is 26.3 Å². The highest BCUT2D eigenvalue weighted by atomic mass is 19.4. The van der Waals surface area contributed by atoms with E-state index < -0.39 is 30.3 Å². The van der Waals surface area contributed by atoms with Crippen molar-refractivity contribution >= 4 is 17.7 Å². The number of nitrogens with zero attached hydrogens (tertiary/aromatic N) is 4. The number of hydrogen-bond donors (Lipinski definition) is 2. The molecule has 1 atom stereocenters. The smallest absolute Gasteiger partial charge is 0.475 e. The Hall–Kier alpha value is -2.90. The third-order valence-electron chi connectivity index (χ3n) is 3.91. The number of carboxylic acids is 1. The van der Waals surface area contributed by atoms with Gasteiger partial charge in [0.25, 0.3) is 5.91 Å². The average molecular weight is 427 g/mol. The number of piperazine rings is 1. The summed E-state index contributed by atoms with van der Waals surface area (Å²) >= 11 is 0. The molecule has 2 N–H and O–H groups in total. The quantitative estimate of drug-likeness (QED) is 0.672. The zero-order chi connectivity index (χ0) is 22.0. The molecule has 2 aromatic heterocycles. The Bertz CT molecular complexity index is 895. The highest BCUT2D eigenvalue weighted by Crippen LogP contribution is 2.27. The topological polar surface area (TPSA) is 99.8 Å². The van der Waals surface area contributed by atoms with Gasteiger partial charge in [0.15, 0.2) is 0 Å². The lowest BCUT2D eigenvalue weighted by molar-refractivity contribution is -0.192. The Labute approximate surface area is 159 Å². The van der Waals surface area contributed by atoms with Gasteiger partial charge >= 0.3 is 18.3 Å². The molecule has 160 valence electrons. The molecule has 1 aliphatic rings. The summed E-state index contributed by atoms with van der Waals surface area (Å²) in [4.78, 5) is 30.2. The van der Waals surface area contributed by atoms with E-state index in [0.717, 1.165) is 4.90 Å². The first kappa shape index (κ1) is 22.4. The number of nitrogens with one attached hydrogen (secondary N) is 1. The van der Waals surface area contributed by atoms with Gasteiger partial charge in [-0.25, -0.2) is 14.8 Å². The minimum atomic E-state index is -5.08. The van der Waals surface area contributed by atoms with Crippen molar-refractivity contribution in [2.75, 3.05) is 19.6 Å². The van der Waals surface area contributed by atoms with Crippen LogP contribution in [-0.4, -0.2) is 74.3 Å². The molecule has 0 aliphatic carbocycles. The van der Waals surface area contributed by atoms with E-state index in [2.05, 4.69) is 15.3 Å². The zero-order valence-electron chi connectivity index (χ0n) is 14.8. The first-order valence-corrected chi connectivity index (χ1v) is 8.01. The van der Waals surface area contributed by atoms with E-state index in [0.29, 0.717) is 18.0 Å². The summed E-state index contributed by atoms with van der Waals surface area (Å²) in [5.74, 6) is -3.19. The number of carbonyl (C=O) groups excluding carboxylic acids is 1. The molecule has 1 fully saturated rings. The maximum atomic E-state index is 13.1. The summed E-state index contributed by atoms with van der Waals surface area (Å²) in [5, 5.41) is 9.79. The number of halogens is 6. The molecule has 1 saturated heterocycles. The highest BCUT2D eigenvalue weighted by molar-refractivity contribution is 5.93. The van der Waals surface area contributed by atoms with Gasteiger partial charge in [0.1, 0.15) is 11.7 Å². The second kappa shape index (κ2) is 8.23. The number of alkyl halides is 6. The molecule has 1 unspecified atom stereocenters. The predicted octanol–water partition coefficient (Wildman–Crippen LogP) is 1.65. The molecule has 0 bridgehead atoms. The fraction of sp³-hybridized carbons (Fsp3) is 0.467. The van der Waals surface area contributed by atoms with E-state index in [1.54, 1.807) is 17.5 Å². The number of carbonyl (C=O) groups is 2. The molecule has 1 amide bonds. The Morgan fingerprint density at radius 3 is 2.41 bits per heavy atom. The van der Waals surface area contributed by atoms with Crippen LogP contribution in [0.1, 0.15) is 16.2 Å². The third-order valence-corrected chi connectivity index (χ3v) is 3.91. The van der Waals surface area contributed by atoms with Gasteiger partial charge in [0, 0.05) is 37.7 Å². The number of hydrogen-bond acceptors (Lipinski definition) is 5. The van der Waals surface area contributed by atoms with E-state index in [-0.39, 0.29) is 18.8 Å². The lowest BCUT2D eigenvalue weighted by Gasteiger charge is -2.36. The lowest BCUT2D eigenvalue weighted by Crippen LogP contribution is -2.59. The molecule has 3 rings (SSSR count). The first-order valence-electron chi connectivity index (χ1n) is 8.01. The van der Waals surface area contributed by atoms with Crippen LogP contribution in [0.5, 0.6) is 0 Å². The van der Waals surface area contributed by atoms with Gasteiger partial charge in [-0.05, 0) is 13.0 Å². The maximum Gasteiger partial charge on any atom is 0.490 e. The maximum absolute atomic E-state index is 13.1. The van der Waals surface area contributed by atoms with Gasteiger partial charge < -0.3 is 15.3 Å². The summed E-state index contributed by atoms with van der Waals surface area (Å²) in [7, 11) is 0. The van der Waals surface area contributed by atoms with E-state index in [1.807, 2.05) is 0 Å². The van der Waals surface area contributed by atoms with E-state index >= 15 is 0 Å². The predicted molar refractivity (Wildman–Crippen MR) is 85.2 cm³/mol. The summed E-state index contributed by atoms with van der Waals surface area (Å²) in [5.41, 5.74) is 0.664. The SMILES string of the molecule is Cc1cc(C(=O)N2CCNCC2C(F)(F)F)nc2nccn12.O=C(O)C(F)(F)F. The molecule has 0 spiro atoms. The Kier molecular flexibility index (Phi) is 6.35. The number of imidazole rings is 1. The van der Waals surface area contributed by atoms with Gasteiger partial charge in [-0.1, -0.05) is 0 Å². The second-order valence-electron chi connectivity index (χ2n) is 5.94. The van der Waals surface area contributed by atoms with Crippen LogP contribution >= 0.6 is 0 Å². The molecule has 29 heavy (non-hydrogen) atoms. The lowest BCUT2D eigenvalue weighted by atomic mass is 10.1. The second-order valence-corrected chi connectivity index (χ2v) is 5.94. The molecule has 1 aliphatic heterocycles. The Balaban J connectivity index is 0.000000370. The van der Waals surface area contributed by atoms with Crippen LogP contribution in [0.25, 0.3) is 5.78 Å². The summed E-state index contributed by atoms with van der Waals surface area (Å²) in [6, 6.07) is -0.362. The Morgan fingerprint density at radius 1 is 1.24 bits per heavy atom. The number of amides is 1. The van der Waals surface area contributed by atoms with Crippen molar-refractivity contribution in [3.05, 3.63) is 29.8 Å². The minimum absolute atomic E-state index is 0.0106. The third kappa shape index (κ3) is 5.34. The van der Waals surface area contributed by atoms with Crippen LogP contribution < -0.4 is 5.32 Å². The van der Waals surface area contributed by atoms with Crippen LogP contribution in [-0.2, 0) is 4.79 Å². The molecule has 0 saturated carbocycles. The fourth-order valence-electron chi connectivity index (χ4n) is 2.56. The van der Waals surface area contributed by atoms with E-state index in [4.69, 9.17) is 9.90 Å². The Morgan fingerprint density at radius 2 is 1.86 bits per heavy atom. The van der Waals surface area contributed by atoms with Crippen molar-refractivity contribution in [2.45, 2.75) is 25.3 Å². The van der Waals surface area contributed by atoms with Crippen LogP contribution in [0.15, 0.2) is 18.5 Å². The number of aromatic nitrogens is 3. The van der Waals surface area contributed by atoms with Crippen molar-refractivity contribution in [1.29, 1.82) is 0 Å². The summed E-state index contributed by atoms with van der Waals surface area (Å²) in [6.45, 7) is 1.75. The number of rotatable bonds is 1. The largest absolute Gasteiger partial charge is 0.490 e.